The van der Waals surface area contributed by atoms with Gasteiger partial charge in [0.1, 0.15) is 0 Å². The number of rotatable bonds is 5. The van der Waals surface area contributed by atoms with E-state index >= 15 is 0 Å². The van der Waals surface area contributed by atoms with Gasteiger partial charge in [0.05, 0.1) is 17.8 Å². The van der Waals surface area contributed by atoms with Gasteiger partial charge < -0.3 is 5.32 Å². The Bertz CT molecular complexity index is 1020. The number of aromatic nitrogens is 2. The van der Waals surface area contributed by atoms with Crippen molar-refractivity contribution in [1.82, 2.24) is 9.97 Å². The molecule has 1 atom stereocenters. The van der Waals surface area contributed by atoms with E-state index in [1.165, 1.54) is 0 Å². The summed E-state index contributed by atoms with van der Waals surface area (Å²) in [5.74, 6) is 0.517. The molecule has 0 aliphatic carbocycles. The topological polar surface area (TPSA) is 84.0 Å². The van der Waals surface area contributed by atoms with Gasteiger partial charge in [-0.15, -0.1) is 0 Å². The maximum atomic E-state index is 11.4. The molecule has 0 aliphatic heterocycles. The van der Waals surface area contributed by atoms with Gasteiger partial charge in [-0.2, -0.15) is 0 Å². The number of fused-ring (bicyclic) bond motifs is 1. The Morgan fingerprint density at radius 1 is 1.16 bits per heavy atom. The summed E-state index contributed by atoms with van der Waals surface area (Å²) in [5, 5.41) is 4.19. The van der Waals surface area contributed by atoms with Crippen molar-refractivity contribution in [3.05, 3.63) is 58.7 Å². The van der Waals surface area contributed by atoms with Crippen molar-refractivity contribution < 1.29 is 8.42 Å². The van der Waals surface area contributed by atoms with Crippen molar-refractivity contribution in [3.8, 4) is 0 Å². The lowest BCUT2D eigenvalue weighted by atomic mass is 10.1. The molecule has 3 aromatic rings. The number of halogens is 1. The van der Waals surface area contributed by atoms with Gasteiger partial charge in [0.15, 0.2) is 0 Å². The molecule has 3 rings (SSSR count). The van der Waals surface area contributed by atoms with Gasteiger partial charge >= 0.3 is 0 Å². The molecule has 0 fully saturated rings. The second kappa shape index (κ2) is 6.97. The van der Waals surface area contributed by atoms with Crippen LogP contribution >= 0.6 is 15.9 Å². The van der Waals surface area contributed by atoms with E-state index in [0.717, 1.165) is 27.2 Å². The molecule has 8 heteroatoms. The third kappa shape index (κ3) is 4.67. The first kappa shape index (κ1) is 17.6. The molecule has 0 bridgehead atoms. The summed E-state index contributed by atoms with van der Waals surface area (Å²) in [7, 11) is -3.31. The monoisotopic (exact) mass is 420 g/mol. The van der Waals surface area contributed by atoms with Crippen LogP contribution in [0.3, 0.4) is 0 Å². The number of benzene rings is 2. The number of hydrogen-bond acceptors (Lipinski definition) is 5. The standard InChI is InChI=1S/C17H17BrN4O2S/c1-11(12-4-3-5-15(9-12)22-25(2,23)24)20-17-19-10-13-8-14(18)6-7-16(13)21-17/h3-11,22H,1-2H3,(H,19,20,21)/t11-/m1/s1. The SMILES string of the molecule is C[C@@H](Nc1ncc2cc(Br)ccc2n1)c1cccc(NS(C)(=O)=O)c1. The highest BCUT2D eigenvalue weighted by atomic mass is 79.9. The smallest absolute Gasteiger partial charge is 0.229 e. The maximum absolute atomic E-state index is 11.4. The normalized spacial score (nSPS) is 12.8. The largest absolute Gasteiger partial charge is 0.348 e. The summed E-state index contributed by atoms with van der Waals surface area (Å²) >= 11 is 3.43. The molecule has 0 amide bonds. The van der Waals surface area contributed by atoms with Crippen LogP contribution in [0.5, 0.6) is 0 Å². The van der Waals surface area contributed by atoms with Crippen LogP contribution < -0.4 is 10.0 Å². The first-order valence-electron chi connectivity index (χ1n) is 7.57. The maximum Gasteiger partial charge on any atom is 0.229 e. The third-order valence-corrected chi connectivity index (χ3v) is 4.68. The van der Waals surface area contributed by atoms with Crippen LogP contribution in [0.25, 0.3) is 10.9 Å². The summed E-state index contributed by atoms with van der Waals surface area (Å²) in [6.45, 7) is 1.97. The molecule has 25 heavy (non-hydrogen) atoms. The number of anilines is 2. The van der Waals surface area contributed by atoms with Crippen LogP contribution in [0.4, 0.5) is 11.6 Å². The van der Waals surface area contributed by atoms with E-state index in [1.54, 1.807) is 24.4 Å². The molecule has 0 unspecified atom stereocenters. The van der Waals surface area contributed by atoms with Crippen LogP contribution in [-0.2, 0) is 10.0 Å². The van der Waals surface area contributed by atoms with E-state index in [-0.39, 0.29) is 6.04 Å². The minimum atomic E-state index is -3.31. The van der Waals surface area contributed by atoms with Gasteiger partial charge in [-0.1, -0.05) is 28.1 Å². The summed E-state index contributed by atoms with van der Waals surface area (Å²) in [6.07, 6.45) is 2.90. The summed E-state index contributed by atoms with van der Waals surface area (Å²) in [6, 6.07) is 13.0. The quantitative estimate of drug-likeness (QED) is 0.652. The van der Waals surface area contributed by atoms with Crippen molar-refractivity contribution in [2.24, 2.45) is 0 Å². The molecule has 0 saturated carbocycles. The minimum Gasteiger partial charge on any atom is -0.348 e. The second-order valence-corrected chi connectivity index (χ2v) is 8.43. The molecule has 2 aromatic carbocycles. The van der Waals surface area contributed by atoms with E-state index in [9.17, 15) is 8.42 Å². The molecule has 0 spiro atoms. The van der Waals surface area contributed by atoms with Gasteiger partial charge in [-0.05, 0) is 42.8 Å². The predicted octanol–water partition coefficient (Wildman–Crippen LogP) is 3.94. The van der Waals surface area contributed by atoms with E-state index < -0.39 is 10.0 Å². The van der Waals surface area contributed by atoms with Crippen LogP contribution in [0.1, 0.15) is 18.5 Å². The Morgan fingerprint density at radius 2 is 1.96 bits per heavy atom. The van der Waals surface area contributed by atoms with Crippen molar-refractivity contribution in [2.75, 3.05) is 16.3 Å². The van der Waals surface area contributed by atoms with Crippen molar-refractivity contribution >= 4 is 48.5 Å². The Balaban J connectivity index is 1.81. The number of sulfonamides is 1. The fourth-order valence-electron chi connectivity index (χ4n) is 2.44. The van der Waals surface area contributed by atoms with E-state index in [0.29, 0.717) is 11.6 Å². The van der Waals surface area contributed by atoms with Gasteiger partial charge in [0.25, 0.3) is 0 Å². The Morgan fingerprint density at radius 3 is 2.72 bits per heavy atom. The fourth-order valence-corrected chi connectivity index (χ4v) is 3.37. The second-order valence-electron chi connectivity index (χ2n) is 5.76. The molecule has 0 aliphatic rings. The lowest BCUT2D eigenvalue weighted by Crippen LogP contribution is -2.12. The lowest BCUT2D eigenvalue weighted by Gasteiger charge is -2.15. The molecule has 1 aromatic heterocycles. The molecular weight excluding hydrogens is 404 g/mol. The number of nitrogens with zero attached hydrogens (tertiary/aromatic N) is 2. The average molecular weight is 421 g/mol. The molecule has 0 radical (unpaired) electrons. The Hall–Kier alpha value is -2.19. The van der Waals surface area contributed by atoms with Gasteiger partial charge in [-0.25, -0.2) is 18.4 Å². The zero-order valence-corrected chi connectivity index (χ0v) is 16.1. The molecule has 0 saturated heterocycles. The molecule has 6 nitrogen and oxygen atoms in total. The highest BCUT2D eigenvalue weighted by Gasteiger charge is 2.10. The van der Waals surface area contributed by atoms with Crippen molar-refractivity contribution in [3.63, 3.8) is 0 Å². The first-order chi connectivity index (χ1) is 11.8. The zero-order valence-electron chi connectivity index (χ0n) is 13.7. The lowest BCUT2D eigenvalue weighted by molar-refractivity contribution is 0.607. The first-order valence-corrected chi connectivity index (χ1v) is 10.3. The van der Waals surface area contributed by atoms with E-state index in [4.69, 9.17) is 0 Å². The van der Waals surface area contributed by atoms with Crippen LogP contribution in [0.2, 0.25) is 0 Å². The van der Waals surface area contributed by atoms with Gasteiger partial charge in [-0.3, -0.25) is 4.72 Å². The Labute approximate surface area is 154 Å². The van der Waals surface area contributed by atoms with Crippen LogP contribution in [0.15, 0.2) is 53.1 Å². The number of nitrogens with one attached hydrogen (secondary N) is 2. The molecule has 130 valence electrons. The van der Waals surface area contributed by atoms with Gasteiger partial charge in [0.2, 0.25) is 16.0 Å². The van der Waals surface area contributed by atoms with Crippen molar-refractivity contribution in [2.45, 2.75) is 13.0 Å². The Kier molecular flexibility index (Phi) is 4.91. The summed E-state index contributed by atoms with van der Waals surface area (Å²) in [4.78, 5) is 8.85. The van der Waals surface area contributed by atoms with Crippen LogP contribution in [-0.4, -0.2) is 24.6 Å². The number of hydrogen-bond donors (Lipinski definition) is 2. The molecular formula is C17H17BrN4O2S. The molecule has 2 N–H and O–H groups in total. The molecule has 1 heterocycles. The highest BCUT2D eigenvalue weighted by Crippen LogP contribution is 2.23. The van der Waals surface area contributed by atoms with E-state index in [2.05, 4.69) is 35.9 Å². The highest BCUT2D eigenvalue weighted by molar-refractivity contribution is 9.10. The average Bonchev–Trinajstić information content (AvgIpc) is 2.53. The zero-order chi connectivity index (χ0) is 18.0. The summed E-state index contributed by atoms with van der Waals surface area (Å²) < 4.78 is 26.2. The van der Waals surface area contributed by atoms with E-state index in [1.807, 2.05) is 31.2 Å². The summed E-state index contributed by atoms with van der Waals surface area (Å²) in [5.41, 5.74) is 2.30. The minimum absolute atomic E-state index is 0.0887. The van der Waals surface area contributed by atoms with Crippen LogP contribution in [0, 0.1) is 0 Å². The van der Waals surface area contributed by atoms with Gasteiger partial charge in [0, 0.05) is 21.7 Å². The fraction of sp³-hybridized carbons (Fsp3) is 0.176. The van der Waals surface area contributed by atoms with Crippen molar-refractivity contribution in [1.29, 1.82) is 0 Å². The third-order valence-electron chi connectivity index (χ3n) is 3.58. The predicted molar refractivity (Wildman–Crippen MR) is 104 cm³/mol.